The van der Waals surface area contributed by atoms with Gasteiger partial charge in [-0.05, 0) is 51.0 Å². The van der Waals surface area contributed by atoms with E-state index in [0.717, 1.165) is 39.6 Å². The number of ketones is 1. The second-order valence-electron chi connectivity index (χ2n) is 5.96. The lowest BCUT2D eigenvalue weighted by Gasteiger charge is -2.15. The highest BCUT2D eigenvalue weighted by atomic mass is 35.5. The maximum Gasteiger partial charge on any atom is 0.325 e. The Hall–Kier alpha value is -1.72. The zero-order chi connectivity index (χ0) is 18.0. The van der Waals surface area contributed by atoms with E-state index < -0.39 is 0 Å². The molecule has 0 unspecified atom stereocenters. The number of hydrogen-bond acceptors (Lipinski definition) is 4. The quantitative estimate of drug-likeness (QED) is 0.709. The predicted molar refractivity (Wildman–Crippen MR) is 98.6 cm³/mol. The molecule has 1 aromatic heterocycles. The molecule has 1 aromatic carbocycles. The van der Waals surface area contributed by atoms with Crippen molar-refractivity contribution in [2.75, 3.05) is 6.61 Å². The van der Waals surface area contributed by atoms with E-state index >= 15 is 0 Å². The number of esters is 1. The van der Waals surface area contributed by atoms with Gasteiger partial charge in [0.1, 0.15) is 6.54 Å². The molecule has 0 amide bonds. The first kappa shape index (κ1) is 18.1. The van der Waals surface area contributed by atoms with Gasteiger partial charge in [0.25, 0.3) is 0 Å². The van der Waals surface area contributed by atoms with Crippen molar-refractivity contribution < 1.29 is 14.3 Å². The number of ether oxygens (including phenoxy) is 1. The smallest absolute Gasteiger partial charge is 0.325 e. The average molecular weight is 378 g/mol. The Morgan fingerprint density at radius 2 is 2.00 bits per heavy atom. The maximum atomic E-state index is 12.6. The number of fused-ring (bicyclic) bond motifs is 1. The second-order valence-corrected chi connectivity index (χ2v) is 7.48. The van der Waals surface area contributed by atoms with Crippen molar-refractivity contribution in [2.24, 2.45) is 0 Å². The number of rotatable bonds is 5. The van der Waals surface area contributed by atoms with Crippen LogP contribution in [0.1, 0.15) is 41.5 Å². The van der Waals surface area contributed by atoms with E-state index in [0.29, 0.717) is 18.1 Å². The van der Waals surface area contributed by atoms with Gasteiger partial charge < -0.3 is 9.30 Å². The van der Waals surface area contributed by atoms with Gasteiger partial charge in [-0.1, -0.05) is 23.4 Å². The minimum Gasteiger partial charge on any atom is -0.465 e. The first-order chi connectivity index (χ1) is 12.0. The summed E-state index contributed by atoms with van der Waals surface area (Å²) in [5.74, 6) is -0.118. The fourth-order valence-corrected chi connectivity index (χ4v) is 4.38. The second kappa shape index (κ2) is 7.67. The molecule has 2 aromatic rings. The van der Waals surface area contributed by atoms with Crippen LogP contribution in [0, 0.1) is 6.92 Å². The zero-order valence-electron chi connectivity index (χ0n) is 14.3. The molecule has 0 radical (unpaired) electrons. The lowest BCUT2D eigenvalue weighted by atomic mass is 9.96. The van der Waals surface area contributed by atoms with Gasteiger partial charge >= 0.3 is 5.97 Å². The minimum absolute atomic E-state index is 0.149. The molecule has 0 aliphatic heterocycles. The Bertz CT molecular complexity index is 811. The van der Waals surface area contributed by atoms with Gasteiger partial charge in [-0.3, -0.25) is 9.59 Å². The number of benzene rings is 1. The SMILES string of the molecule is CCOC(=O)Cn1c(C)c(Sc2ccc(Cl)cc2)c2c1CCCC2=O. The van der Waals surface area contributed by atoms with Crippen LogP contribution >= 0.6 is 23.4 Å². The van der Waals surface area contributed by atoms with Crippen molar-refractivity contribution >= 4 is 35.1 Å². The molecular formula is C19H20ClNO3S. The van der Waals surface area contributed by atoms with Crippen molar-refractivity contribution in [3.8, 4) is 0 Å². The van der Waals surface area contributed by atoms with Crippen LogP contribution in [-0.4, -0.2) is 22.9 Å². The fraction of sp³-hybridized carbons (Fsp3) is 0.368. The molecule has 25 heavy (non-hydrogen) atoms. The summed E-state index contributed by atoms with van der Waals surface area (Å²) in [5, 5.41) is 0.680. The first-order valence-corrected chi connectivity index (χ1v) is 9.55. The van der Waals surface area contributed by atoms with Crippen LogP contribution in [-0.2, 0) is 22.5 Å². The number of hydrogen-bond donors (Lipinski definition) is 0. The summed E-state index contributed by atoms with van der Waals surface area (Å²) in [5.41, 5.74) is 2.67. The molecular weight excluding hydrogens is 358 g/mol. The summed E-state index contributed by atoms with van der Waals surface area (Å²) < 4.78 is 7.04. The summed E-state index contributed by atoms with van der Waals surface area (Å²) in [6, 6.07) is 7.55. The molecule has 1 aliphatic carbocycles. The third-order valence-corrected chi connectivity index (χ3v) is 5.76. The summed E-state index contributed by atoms with van der Waals surface area (Å²) in [6.45, 7) is 4.26. The Labute approximate surface area is 156 Å². The van der Waals surface area contributed by atoms with Crippen molar-refractivity contribution in [2.45, 2.75) is 49.4 Å². The van der Waals surface area contributed by atoms with Crippen LogP contribution < -0.4 is 0 Å². The van der Waals surface area contributed by atoms with Crippen molar-refractivity contribution in [3.05, 3.63) is 46.2 Å². The van der Waals surface area contributed by atoms with Gasteiger partial charge in [0.2, 0.25) is 0 Å². The van der Waals surface area contributed by atoms with E-state index in [1.165, 1.54) is 0 Å². The molecule has 1 heterocycles. The zero-order valence-corrected chi connectivity index (χ0v) is 15.9. The van der Waals surface area contributed by atoms with E-state index in [-0.39, 0.29) is 18.3 Å². The fourth-order valence-electron chi connectivity index (χ4n) is 3.16. The molecule has 0 N–H and O–H groups in total. The molecule has 0 fully saturated rings. The molecule has 0 spiro atoms. The van der Waals surface area contributed by atoms with E-state index in [9.17, 15) is 9.59 Å². The first-order valence-electron chi connectivity index (χ1n) is 8.35. The number of carbonyl (C=O) groups is 2. The van der Waals surface area contributed by atoms with E-state index in [1.54, 1.807) is 18.7 Å². The van der Waals surface area contributed by atoms with Crippen molar-refractivity contribution in [1.29, 1.82) is 0 Å². The third kappa shape index (κ3) is 3.77. The topological polar surface area (TPSA) is 48.3 Å². The van der Waals surface area contributed by atoms with Gasteiger partial charge in [0.05, 0.1) is 12.2 Å². The molecule has 0 saturated carbocycles. The van der Waals surface area contributed by atoms with E-state index in [4.69, 9.17) is 16.3 Å². The number of carbonyl (C=O) groups excluding carboxylic acids is 2. The van der Waals surface area contributed by atoms with Crippen LogP contribution in [0.15, 0.2) is 34.1 Å². The molecule has 3 rings (SSSR count). The van der Waals surface area contributed by atoms with Crippen LogP contribution in [0.3, 0.4) is 0 Å². The van der Waals surface area contributed by atoms with Gasteiger partial charge in [-0.2, -0.15) is 0 Å². The van der Waals surface area contributed by atoms with Gasteiger partial charge in [0, 0.05) is 32.6 Å². The van der Waals surface area contributed by atoms with Crippen LogP contribution in [0.5, 0.6) is 0 Å². The summed E-state index contributed by atoms with van der Waals surface area (Å²) >= 11 is 7.51. The van der Waals surface area contributed by atoms with Crippen molar-refractivity contribution in [1.82, 2.24) is 4.57 Å². The van der Waals surface area contributed by atoms with Gasteiger partial charge in [-0.15, -0.1) is 0 Å². The van der Waals surface area contributed by atoms with Crippen LogP contribution in [0.25, 0.3) is 0 Å². The minimum atomic E-state index is -0.274. The Morgan fingerprint density at radius 3 is 2.68 bits per heavy atom. The van der Waals surface area contributed by atoms with E-state index in [2.05, 4.69) is 0 Å². The lowest BCUT2D eigenvalue weighted by molar-refractivity contribution is -0.143. The molecule has 0 atom stereocenters. The van der Waals surface area contributed by atoms with Gasteiger partial charge in [-0.25, -0.2) is 0 Å². The standard InChI is InChI=1S/C19H20ClNO3S/c1-3-24-17(23)11-21-12(2)19(18-15(21)5-4-6-16(18)22)25-14-9-7-13(20)8-10-14/h7-10H,3-6,11H2,1-2H3. The van der Waals surface area contributed by atoms with Crippen molar-refractivity contribution in [3.63, 3.8) is 0 Å². The normalized spacial score (nSPS) is 13.6. The van der Waals surface area contributed by atoms with Crippen LogP contribution in [0.2, 0.25) is 5.02 Å². The Kier molecular flexibility index (Phi) is 5.54. The largest absolute Gasteiger partial charge is 0.465 e. The number of halogens is 1. The lowest BCUT2D eigenvalue weighted by Crippen LogP contribution is -2.19. The monoisotopic (exact) mass is 377 g/mol. The number of Topliss-reactive ketones (excluding diaryl/α,β-unsaturated/α-hetero) is 1. The number of nitrogens with zero attached hydrogens (tertiary/aromatic N) is 1. The Balaban J connectivity index is 2.02. The predicted octanol–water partition coefficient (Wildman–Crippen LogP) is 4.68. The van der Waals surface area contributed by atoms with Gasteiger partial charge in [0.15, 0.2) is 5.78 Å². The Morgan fingerprint density at radius 1 is 1.28 bits per heavy atom. The van der Waals surface area contributed by atoms with Crippen LogP contribution in [0.4, 0.5) is 0 Å². The molecule has 4 nitrogen and oxygen atoms in total. The molecule has 1 aliphatic rings. The highest BCUT2D eigenvalue weighted by molar-refractivity contribution is 7.99. The third-order valence-electron chi connectivity index (χ3n) is 4.30. The summed E-state index contributed by atoms with van der Waals surface area (Å²) in [4.78, 5) is 26.5. The maximum absolute atomic E-state index is 12.6. The van der Waals surface area contributed by atoms with E-state index in [1.807, 2.05) is 35.8 Å². The molecule has 0 bridgehead atoms. The number of aromatic nitrogens is 1. The highest BCUT2D eigenvalue weighted by Crippen LogP contribution is 2.40. The highest BCUT2D eigenvalue weighted by Gasteiger charge is 2.29. The average Bonchev–Trinajstić information content (AvgIpc) is 2.84. The molecule has 6 heteroatoms. The molecule has 0 saturated heterocycles. The molecule has 132 valence electrons. The summed E-state index contributed by atoms with van der Waals surface area (Å²) in [6.07, 6.45) is 2.19. The summed E-state index contributed by atoms with van der Waals surface area (Å²) in [7, 11) is 0.